The lowest BCUT2D eigenvalue weighted by molar-refractivity contribution is -0.127. The molecule has 2 amide bonds. The standard InChI is InChI=1S/C19H27N3O5S/c1-12-9-14-15(27-11-17(23)20-14)10-16(12)28(25,26)22-7-5-13(6-8-22)18(24)21-19(2,3)4/h9-10,13H,5-8,11H2,1-4H3,(H,20,23)(H,21,24). The Bertz CT molecular complexity index is 897. The lowest BCUT2D eigenvalue weighted by atomic mass is 9.96. The molecule has 3 rings (SSSR count). The lowest BCUT2D eigenvalue weighted by Gasteiger charge is -2.33. The molecule has 154 valence electrons. The number of amides is 2. The molecule has 0 spiro atoms. The van der Waals surface area contributed by atoms with Crippen LogP contribution in [0.4, 0.5) is 5.69 Å². The second-order valence-corrected chi connectivity index (χ2v) is 10.3. The first-order valence-electron chi connectivity index (χ1n) is 9.37. The highest BCUT2D eigenvalue weighted by atomic mass is 32.2. The molecule has 28 heavy (non-hydrogen) atoms. The van der Waals surface area contributed by atoms with E-state index >= 15 is 0 Å². The average Bonchev–Trinajstić information content (AvgIpc) is 2.59. The van der Waals surface area contributed by atoms with Crippen LogP contribution in [0.5, 0.6) is 5.75 Å². The van der Waals surface area contributed by atoms with Crippen LogP contribution in [-0.4, -0.2) is 49.8 Å². The van der Waals surface area contributed by atoms with Crippen LogP contribution in [-0.2, 0) is 19.6 Å². The number of ether oxygens (including phenoxy) is 1. The van der Waals surface area contributed by atoms with Crippen LogP contribution in [0.25, 0.3) is 0 Å². The third-order valence-electron chi connectivity index (χ3n) is 4.85. The van der Waals surface area contributed by atoms with Crippen LogP contribution in [0, 0.1) is 12.8 Å². The predicted octanol–water partition coefficient (Wildman–Crippen LogP) is 1.64. The van der Waals surface area contributed by atoms with E-state index in [4.69, 9.17) is 4.74 Å². The molecule has 1 aromatic carbocycles. The van der Waals surface area contributed by atoms with Gasteiger partial charge in [-0.1, -0.05) is 0 Å². The van der Waals surface area contributed by atoms with E-state index in [1.807, 2.05) is 20.8 Å². The van der Waals surface area contributed by atoms with Crippen LogP contribution < -0.4 is 15.4 Å². The molecular weight excluding hydrogens is 382 g/mol. The summed E-state index contributed by atoms with van der Waals surface area (Å²) in [6.07, 6.45) is 0.968. The molecule has 0 radical (unpaired) electrons. The smallest absolute Gasteiger partial charge is 0.262 e. The van der Waals surface area contributed by atoms with E-state index in [1.54, 1.807) is 13.0 Å². The lowest BCUT2D eigenvalue weighted by Crippen LogP contribution is -2.47. The molecule has 0 aromatic heterocycles. The summed E-state index contributed by atoms with van der Waals surface area (Å²) < 4.78 is 33.1. The SMILES string of the molecule is Cc1cc2c(cc1S(=O)(=O)N1CCC(C(=O)NC(C)(C)C)CC1)OCC(=O)N2. The number of rotatable bonds is 3. The second-order valence-electron chi connectivity index (χ2n) is 8.37. The Morgan fingerprint density at radius 3 is 2.50 bits per heavy atom. The maximum atomic E-state index is 13.1. The Kier molecular flexibility index (Phi) is 5.42. The number of benzene rings is 1. The summed E-state index contributed by atoms with van der Waals surface area (Å²) in [5.41, 5.74) is 0.707. The molecule has 0 unspecified atom stereocenters. The van der Waals surface area contributed by atoms with Gasteiger partial charge in [-0.2, -0.15) is 4.31 Å². The Labute approximate surface area is 165 Å². The van der Waals surface area contributed by atoms with Crippen molar-refractivity contribution in [3.8, 4) is 5.75 Å². The number of nitrogens with one attached hydrogen (secondary N) is 2. The molecule has 0 atom stereocenters. The van der Waals surface area contributed by atoms with Crippen LogP contribution in [0.1, 0.15) is 39.2 Å². The number of piperidine rings is 1. The van der Waals surface area contributed by atoms with Gasteiger partial charge in [0.25, 0.3) is 5.91 Å². The number of fused-ring (bicyclic) bond motifs is 1. The molecule has 2 aliphatic rings. The summed E-state index contributed by atoms with van der Waals surface area (Å²) in [6, 6.07) is 3.08. The minimum Gasteiger partial charge on any atom is -0.482 e. The van der Waals surface area contributed by atoms with Crippen molar-refractivity contribution in [3.63, 3.8) is 0 Å². The zero-order chi connectivity index (χ0) is 20.7. The molecule has 2 N–H and O–H groups in total. The highest BCUT2D eigenvalue weighted by molar-refractivity contribution is 7.89. The fraction of sp³-hybridized carbons (Fsp3) is 0.579. The maximum Gasteiger partial charge on any atom is 0.262 e. The van der Waals surface area contributed by atoms with Crippen molar-refractivity contribution < 1.29 is 22.7 Å². The number of hydrogen-bond acceptors (Lipinski definition) is 5. The van der Waals surface area contributed by atoms with Gasteiger partial charge in [-0.05, 0) is 52.2 Å². The molecule has 1 fully saturated rings. The van der Waals surface area contributed by atoms with Gasteiger partial charge >= 0.3 is 0 Å². The summed E-state index contributed by atoms with van der Waals surface area (Å²) in [7, 11) is -3.72. The van der Waals surface area contributed by atoms with Crippen molar-refractivity contribution in [3.05, 3.63) is 17.7 Å². The number of sulfonamides is 1. The number of nitrogens with zero attached hydrogens (tertiary/aromatic N) is 1. The molecule has 8 nitrogen and oxygen atoms in total. The van der Waals surface area contributed by atoms with E-state index in [-0.39, 0.29) is 34.8 Å². The minimum absolute atomic E-state index is 0.0290. The predicted molar refractivity (Wildman–Crippen MR) is 105 cm³/mol. The number of aryl methyl sites for hydroxylation is 1. The first-order valence-corrected chi connectivity index (χ1v) is 10.8. The van der Waals surface area contributed by atoms with E-state index < -0.39 is 10.0 Å². The number of carbonyl (C=O) groups is 2. The third kappa shape index (κ3) is 4.30. The molecule has 9 heteroatoms. The normalized spacial score (nSPS) is 18.8. The quantitative estimate of drug-likeness (QED) is 0.790. The fourth-order valence-corrected chi connectivity index (χ4v) is 5.15. The Hall–Kier alpha value is -2.13. The minimum atomic E-state index is -3.72. The van der Waals surface area contributed by atoms with E-state index in [2.05, 4.69) is 10.6 Å². The van der Waals surface area contributed by atoms with E-state index in [0.29, 0.717) is 42.9 Å². The van der Waals surface area contributed by atoms with Gasteiger partial charge in [0.05, 0.1) is 10.6 Å². The van der Waals surface area contributed by atoms with Gasteiger partial charge in [-0.25, -0.2) is 8.42 Å². The van der Waals surface area contributed by atoms with Crippen molar-refractivity contribution in [1.82, 2.24) is 9.62 Å². The first-order chi connectivity index (χ1) is 13.0. The number of hydrogen-bond donors (Lipinski definition) is 2. The molecule has 2 heterocycles. The first kappa shape index (κ1) is 20.6. The largest absolute Gasteiger partial charge is 0.482 e. The summed E-state index contributed by atoms with van der Waals surface area (Å²) in [6.45, 7) is 7.91. The Morgan fingerprint density at radius 1 is 1.25 bits per heavy atom. The zero-order valence-corrected chi connectivity index (χ0v) is 17.5. The summed E-state index contributed by atoms with van der Waals surface area (Å²) >= 11 is 0. The van der Waals surface area contributed by atoms with Gasteiger partial charge < -0.3 is 15.4 Å². The van der Waals surface area contributed by atoms with E-state index in [9.17, 15) is 18.0 Å². The Balaban J connectivity index is 1.74. The van der Waals surface area contributed by atoms with Crippen LogP contribution >= 0.6 is 0 Å². The van der Waals surface area contributed by atoms with Crippen LogP contribution in [0.3, 0.4) is 0 Å². The van der Waals surface area contributed by atoms with Crippen molar-refractivity contribution in [1.29, 1.82) is 0 Å². The third-order valence-corrected chi connectivity index (χ3v) is 6.89. The summed E-state index contributed by atoms with van der Waals surface area (Å²) in [4.78, 5) is 24.0. The Morgan fingerprint density at radius 2 is 1.89 bits per heavy atom. The summed E-state index contributed by atoms with van der Waals surface area (Å²) in [5.74, 6) is -0.131. The van der Waals surface area contributed by atoms with E-state index in [1.165, 1.54) is 10.4 Å². The maximum absolute atomic E-state index is 13.1. The molecule has 1 aromatic rings. The van der Waals surface area contributed by atoms with Gasteiger partial charge in [-0.15, -0.1) is 0 Å². The topological polar surface area (TPSA) is 105 Å². The van der Waals surface area contributed by atoms with Gasteiger partial charge in [0.1, 0.15) is 5.75 Å². The van der Waals surface area contributed by atoms with Crippen molar-refractivity contribution >= 4 is 27.5 Å². The average molecular weight is 410 g/mol. The summed E-state index contributed by atoms with van der Waals surface area (Å²) in [5, 5.41) is 5.64. The highest BCUT2D eigenvalue weighted by Crippen LogP contribution is 2.35. The van der Waals surface area contributed by atoms with E-state index in [0.717, 1.165) is 0 Å². The second kappa shape index (κ2) is 7.36. The molecule has 0 bridgehead atoms. The molecule has 2 aliphatic heterocycles. The number of anilines is 1. The molecule has 1 saturated heterocycles. The van der Waals surface area contributed by atoms with Crippen molar-refractivity contribution in [2.75, 3.05) is 25.0 Å². The van der Waals surface area contributed by atoms with Crippen molar-refractivity contribution in [2.24, 2.45) is 5.92 Å². The van der Waals surface area contributed by atoms with Crippen molar-refractivity contribution in [2.45, 2.75) is 51.0 Å². The molecular formula is C19H27N3O5S. The van der Waals surface area contributed by atoms with Gasteiger partial charge in [0.2, 0.25) is 15.9 Å². The van der Waals surface area contributed by atoms with Gasteiger partial charge in [0.15, 0.2) is 6.61 Å². The number of carbonyl (C=O) groups excluding carboxylic acids is 2. The van der Waals surface area contributed by atoms with Crippen LogP contribution in [0.2, 0.25) is 0 Å². The molecule has 0 aliphatic carbocycles. The molecule has 0 saturated carbocycles. The van der Waals surface area contributed by atoms with Gasteiger partial charge in [0, 0.05) is 30.6 Å². The monoisotopic (exact) mass is 409 g/mol. The highest BCUT2D eigenvalue weighted by Gasteiger charge is 2.34. The van der Waals surface area contributed by atoms with Crippen LogP contribution in [0.15, 0.2) is 17.0 Å². The van der Waals surface area contributed by atoms with Gasteiger partial charge in [-0.3, -0.25) is 9.59 Å². The zero-order valence-electron chi connectivity index (χ0n) is 16.7. The fourth-order valence-electron chi connectivity index (χ4n) is 3.46.